The van der Waals surface area contributed by atoms with Gasteiger partial charge in [-0.05, 0) is 37.3 Å². The van der Waals surface area contributed by atoms with Crippen LogP contribution in [0.25, 0.3) is 11.3 Å². The van der Waals surface area contributed by atoms with E-state index in [0.29, 0.717) is 40.9 Å². The second-order valence-electron chi connectivity index (χ2n) is 5.99. The minimum atomic E-state index is -0.344. The molecular weight excluding hydrogens is 374 g/mol. The summed E-state index contributed by atoms with van der Waals surface area (Å²) in [7, 11) is 4.55. The molecule has 0 fully saturated rings. The van der Waals surface area contributed by atoms with Gasteiger partial charge in [0.2, 0.25) is 5.75 Å². The first-order chi connectivity index (χ1) is 14.1. The minimum absolute atomic E-state index is 0.322. The second-order valence-corrected chi connectivity index (χ2v) is 5.99. The number of methoxy groups -OCH3 is 3. The van der Waals surface area contributed by atoms with Crippen molar-refractivity contribution in [2.45, 2.75) is 6.92 Å². The zero-order chi connectivity index (χ0) is 20.8. The molecule has 0 unspecified atom stereocenters. The number of nitrogens with one attached hydrogen (secondary N) is 2. The molecule has 3 rings (SSSR count). The molecule has 8 heteroatoms. The molecule has 8 nitrogen and oxygen atoms in total. The van der Waals surface area contributed by atoms with Gasteiger partial charge in [-0.15, -0.1) is 0 Å². The predicted molar refractivity (Wildman–Crippen MR) is 109 cm³/mol. The lowest BCUT2D eigenvalue weighted by Crippen LogP contribution is -2.12. The van der Waals surface area contributed by atoms with Gasteiger partial charge in [0.25, 0.3) is 5.91 Å². The first-order valence-electron chi connectivity index (χ1n) is 8.99. The molecule has 1 amide bonds. The first-order valence-corrected chi connectivity index (χ1v) is 8.99. The van der Waals surface area contributed by atoms with Crippen LogP contribution in [0.15, 0.2) is 42.5 Å². The average Bonchev–Trinajstić information content (AvgIpc) is 3.24. The summed E-state index contributed by atoms with van der Waals surface area (Å²) >= 11 is 0. The molecule has 0 radical (unpaired) electrons. The molecule has 1 heterocycles. The smallest absolute Gasteiger partial charge is 0.273 e. The zero-order valence-electron chi connectivity index (χ0n) is 16.7. The van der Waals surface area contributed by atoms with Crippen LogP contribution in [0.5, 0.6) is 23.0 Å². The fraction of sp³-hybridized carbons (Fsp3) is 0.238. The van der Waals surface area contributed by atoms with Gasteiger partial charge in [-0.2, -0.15) is 5.10 Å². The molecule has 0 aliphatic heterocycles. The van der Waals surface area contributed by atoms with Crippen LogP contribution in [0.3, 0.4) is 0 Å². The number of amides is 1. The largest absolute Gasteiger partial charge is 0.494 e. The number of ether oxygens (including phenoxy) is 4. The Kier molecular flexibility index (Phi) is 6.23. The van der Waals surface area contributed by atoms with Crippen LogP contribution in [-0.4, -0.2) is 44.0 Å². The zero-order valence-corrected chi connectivity index (χ0v) is 16.7. The van der Waals surface area contributed by atoms with Crippen molar-refractivity contribution in [3.8, 4) is 34.3 Å². The van der Waals surface area contributed by atoms with Gasteiger partial charge in [0, 0.05) is 23.4 Å². The number of carbonyl (C=O) groups excluding carboxylic acids is 1. The number of aromatic amines is 1. The molecule has 0 atom stereocenters. The van der Waals surface area contributed by atoms with Gasteiger partial charge in [-0.3, -0.25) is 9.89 Å². The van der Waals surface area contributed by atoms with Gasteiger partial charge in [0.05, 0.1) is 33.6 Å². The van der Waals surface area contributed by atoms with Crippen molar-refractivity contribution >= 4 is 11.6 Å². The maximum atomic E-state index is 12.6. The van der Waals surface area contributed by atoms with Crippen LogP contribution in [-0.2, 0) is 0 Å². The summed E-state index contributed by atoms with van der Waals surface area (Å²) in [5, 5.41) is 9.79. The highest BCUT2D eigenvalue weighted by Crippen LogP contribution is 2.40. The summed E-state index contributed by atoms with van der Waals surface area (Å²) in [5.74, 6) is 1.78. The van der Waals surface area contributed by atoms with Gasteiger partial charge in [0.1, 0.15) is 11.4 Å². The van der Waals surface area contributed by atoms with Gasteiger partial charge in [0.15, 0.2) is 11.5 Å². The van der Waals surface area contributed by atoms with Gasteiger partial charge in [-0.25, -0.2) is 0 Å². The Labute approximate surface area is 168 Å². The molecule has 2 aromatic carbocycles. The van der Waals surface area contributed by atoms with E-state index in [1.165, 1.54) is 21.3 Å². The van der Waals surface area contributed by atoms with Crippen molar-refractivity contribution in [1.82, 2.24) is 10.2 Å². The van der Waals surface area contributed by atoms with E-state index in [4.69, 9.17) is 18.9 Å². The van der Waals surface area contributed by atoms with E-state index in [0.717, 1.165) is 11.3 Å². The third-order valence-electron chi connectivity index (χ3n) is 4.21. The third kappa shape index (κ3) is 4.43. The van der Waals surface area contributed by atoms with E-state index in [1.807, 2.05) is 31.2 Å². The summed E-state index contributed by atoms with van der Waals surface area (Å²) in [6.45, 7) is 2.54. The quantitative estimate of drug-likeness (QED) is 0.601. The normalized spacial score (nSPS) is 10.3. The van der Waals surface area contributed by atoms with Crippen molar-refractivity contribution in [2.75, 3.05) is 33.3 Å². The van der Waals surface area contributed by atoms with E-state index >= 15 is 0 Å². The average molecular weight is 397 g/mol. The van der Waals surface area contributed by atoms with E-state index < -0.39 is 0 Å². The molecule has 0 bridgehead atoms. The number of hydrogen-bond acceptors (Lipinski definition) is 6. The van der Waals surface area contributed by atoms with Gasteiger partial charge < -0.3 is 24.3 Å². The van der Waals surface area contributed by atoms with Crippen LogP contribution in [0, 0.1) is 0 Å². The summed E-state index contributed by atoms with van der Waals surface area (Å²) < 4.78 is 21.3. The topological polar surface area (TPSA) is 94.7 Å². The minimum Gasteiger partial charge on any atom is -0.494 e. The van der Waals surface area contributed by atoms with Crippen molar-refractivity contribution in [3.05, 3.63) is 48.2 Å². The van der Waals surface area contributed by atoms with E-state index in [-0.39, 0.29) is 5.91 Å². The Morgan fingerprint density at radius 1 is 1.00 bits per heavy atom. The highest BCUT2D eigenvalue weighted by Gasteiger charge is 2.16. The Morgan fingerprint density at radius 3 is 2.21 bits per heavy atom. The highest BCUT2D eigenvalue weighted by molar-refractivity contribution is 6.03. The van der Waals surface area contributed by atoms with Gasteiger partial charge in [-0.1, -0.05) is 0 Å². The lowest BCUT2D eigenvalue weighted by Gasteiger charge is -2.14. The number of hydrogen-bond donors (Lipinski definition) is 2. The molecule has 0 saturated heterocycles. The maximum Gasteiger partial charge on any atom is 0.273 e. The number of H-pyrrole nitrogens is 1. The van der Waals surface area contributed by atoms with Crippen LogP contribution < -0.4 is 24.3 Å². The number of carbonyl (C=O) groups is 1. The first kappa shape index (κ1) is 20.1. The highest BCUT2D eigenvalue weighted by atomic mass is 16.5. The molecule has 0 spiro atoms. The van der Waals surface area contributed by atoms with Crippen molar-refractivity contribution < 1.29 is 23.7 Å². The Hall–Kier alpha value is -3.68. The Bertz CT molecular complexity index is 957. The van der Waals surface area contributed by atoms with Crippen LogP contribution in [0.2, 0.25) is 0 Å². The molecule has 0 aliphatic carbocycles. The lowest BCUT2D eigenvalue weighted by molar-refractivity contribution is 0.102. The predicted octanol–water partition coefficient (Wildman–Crippen LogP) is 3.75. The summed E-state index contributed by atoms with van der Waals surface area (Å²) in [4.78, 5) is 12.6. The molecule has 2 N–H and O–H groups in total. The fourth-order valence-electron chi connectivity index (χ4n) is 2.83. The summed E-state index contributed by atoms with van der Waals surface area (Å²) in [6, 6.07) is 12.5. The number of anilines is 1. The molecule has 29 heavy (non-hydrogen) atoms. The van der Waals surface area contributed by atoms with Gasteiger partial charge >= 0.3 is 0 Å². The standard InChI is InChI=1S/C21H23N3O5/c1-5-29-15-8-6-13(7-9-15)16-12-17(24-23-16)21(25)22-14-10-18(26-2)20(28-4)19(11-14)27-3/h6-12H,5H2,1-4H3,(H,22,25)(H,23,24). The lowest BCUT2D eigenvalue weighted by atomic mass is 10.1. The van der Waals surface area contributed by atoms with Crippen LogP contribution >= 0.6 is 0 Å². The number of nitrogens with zero attached hydrogens (tertiary/aromatic N) is 1. The number of aromatic nitrogens is 2. The SMILES string of the molecule is CCOc1ccc(-c2cc(C(=O)Nc3cc(OC)c(OC)c(OC)c3)[nH]n2)cc1. The summed E-state index contributed by atoms with van der Waals surface area (Å²) in [6.07, 6.45) is 0. The van der Waals surface area contributed by atoms with Crippen molar-refractivity contribution in [3.63, 3.8) is 0 Å². The Morgan fingerprint density at radius 2 is 1.66 bits per heavy atom. The van der Waals surface area contributed by atoms with E-state index in [2.05, 4.69) is 15.5 Å². The molecule has 0 aliphatic rings. The summed E-state index contributed by atoms with van der Waals surface area (Å²) in [5.41, 5.74) is 2.35. The van der Waals surface area contributed by atoms with E-state index in [9.17, 15) is 4.79 Å². The third-order valence-corrected chi connectivity index (χ3v) is 4.21. The maximum absolute atomic E-state index is 12.6. The molecule has 3 aromatic rings. The Balaban J connectivity index is 1.78. The fourth-order valence-corrected chi connectivity index (χ4v) is 2.83. The van der Waals surface area contributed by atoms with Crippen molar-refractivity contribution in [2.24, 2.45) is 0 Å². The monoisotopic (exact) mass is 397 g/mol. The molecular formula is C21H23N3O5. The number of benzene rings is 2. The molecule has 0 saturated carbocycles. The molecule has 1 aromatic heterocycles. The van der Waals surface area contributed by atoms with E-state index in [1.54, 1.807) is 18.2 Å². The number of rotatable bonds is 8. The van der Waals surface area contributed by atoms with Crippen molar-refractivity contribution in [1.29, 1.82) is 0 Å². The molecule has 152 valence electrons. The second kappa shape index (κ2) is 9.01. The van der Waals surface area contributed by atoms with Crippen LogP contribution in [0.4, 0.5) is 5.69 Å². The van der Waals surface area contributed by atoms with Crippen LogP contribution in [0.1, 0.15) is 17.4 Å².